The van der Waals surface area contributed by atoms with Crippen molar-refractivity contribution in [2.24, 2.45) is 4.99 Å². The number of rotatable bonds is 0. The second-order valence-electron chi connectivity index (χ2n) is 1.06. The van der Waals surface area contributed by atoms with Crippen LogP contribution in [0.15, 0.2) is 4.99 Å². The number of hydrogen-bond donors (Lipinski definition) is 2. The van der Waals surface area contributed by atoms with Gasteiger partial charge in [-0.15, -0.1) is 0 Å². The van der Waals surface area contributed by atoms with Crippen LogP contribution in [0.25, 0.3) is 0 Å². The van der Waals surface area contributed by atoms with E-state index in [1.165, 1.54) is 0 Å². The molecular weight excluding hydrogens is 128 g/mol. The minimum atomic E-state index is 0.479. The zero-order chi connectivity index (χ0) is 8.41. The lowest BCUT2D eigenvalue weighted by Crippen LogP contribution is -2.30. The molecule has 10 heavy (non-hydrogen) atoms. The predicted octanol–water partition coefficient (Wildman–Crippen LogP) is 0.288. The van der Waals surface area contributed by atoms with Gasteiger partial charge in [0.25, 0.3) is 0 Å². The molecule has 0 aromatic heterocycles. The number of nitriles is 1. The summed E-state index contributed by atoms with van der Waals surface area (Å²) >= 11 is 0. The molecule has 4 heteroatoms. The second-order valence-corrected chi connectivity index (χ2v) is 1.06. The zero-order valence-electron chi connectivity index (χ0n) is 6.89. The Hall–Kier alpha value is -1.24. The molecule has 0 atom stereocenters. The van der Waals surface area contributed by atoms with Gasteiger partial charge in [0, 0.05) is 14.1 Å². The van der Waals surface area contributed by atoms with Crippen LogP contribution in [0.1, 0.15) is 13.8 Å². The summed E-state index contributed by atoms with van der Waals surface area (Å²) in [5.74, 6) is 0.479. The van der Waals surface area contributed by atoms with E-state index in [0.717, 1.165) is 0 Å². The third-order valence-electron chi connectivity index (χ3n) is 0.635. The smallest absolute Gasteiger partial charge is 0.204 e. The van der Waals surface area contributed by atoms with Crippen LogP contribution in [-0.4, -0.2) is 20.1 Å². The van der Waals surface area contributed by atoms with Gasteiger partial charge in [-0.25, -0.2) is 0 Å². The summed E-state index contributed by atoms with van der Waals surface area (Å²) in [6.45, 7) is 4.00. The molecule has 0 heterocycles. The molecule has 0 rings (SSSR count). The molecule has 0 aliphatic heterocycles. The van der Waals surface area contributed by atoms with E-state index < -0.39 is 0 Å². The van der Waals surface area contributed by atoms with Crippen LogP contribution in [0.3, 0.4) is 0 Å². The first-order valence-electron chi connectivity index (χ1n) is 3.14. The number of guanidine groups is 1. The van der Waals surface area contributed by atoms with Gasteiger partial charge in [0.15, 0.2) is 6.19 Å². The van der Waals surface area contributed by atoms with E-state index in [-0.39, 0.29) is 0 Å². The minimum absolute atomic E-state index is 0.479. The van der Waals surface area contributed by atoms with Gasteiger partial charge in [0.05, 0.1) is 0 Å². The van der Waals surface area contributed by atoms with Crippen molar-refractivity contribution in [3.05, 3.63) is 0 Å². The van der Waals surface area contributed by atoms with Gasteiger partial charge in [-0.1, -0.05) is 13.8 Å². The Balaban J connectivity index is 0. The summed E-state index contributed by atoms with van der Waals surface area (Å²) in [6.07, 6.45) is 1.73. The monoisotopic (exact) mass is 142 g/mol. The van der Waals surface area contributed by atoms with E-state index in [9.17, 15) is 0 Å². The molecular formula is C6H14N4. The lowest BCUT2D eigenvalue weighted by Gasteiger charge is -1.96. The van der Waals surface area contributed by atoms with E-state index >= 15 is 0 Å². The second kappa shape index (κ2) is 10.7. The molecule has 0 saturated carbocycles. The Labute approximate surface area is 62.0 Å². The Kier molecular flexibility index (Phi) is 12.3. The average molecular weight is 142 g/mol. The summed E-state index contributed by atoms with van der Waals surface area (Å²) in [4.78, 5) is 3.67. The number of nitrogens with one attached hydrogen (secondary N) is 2. The predicted molar refractivity (Wildman–Crippen MR) is 42.5 cm³/mol. The molecule has 0 unspecified atom stereocenters. The summed E-state index contributed by atoms with van der Waals surface area (Å²) in [6, 6.07) is 0. The van der Waals surface area contributed by atoms with Gasteiger partial charge in [-0.05, 0) is 0 Å². The average Bonchev–Trinajstić information content (AvgIpc) is 2.04. The Morgan fingerprint density at radius 3 is 2.10 bits per heavy atom. The van der Waals surface area contributed by atoms with Crippen molar-refractivity contribution in [1.29, 1.82) is 5.26 Å². The van der Waals surface area contributed by atoms with E-state index in [1.54, 1.807) is 20.3 Å². The van der Waals surface area contributed by atoms with Crippen LogP contribution in [0, 0.1) is 11.5 Å². The maximum atomic E-state index is 8.02. The molecule has 4 nitrogen and oxygen atoms in total. The standard InChI is InChI=1S/C4H8N4.C2H6/c1-6-4(7-2)8-3-5;1-2/h1-2H3,(H2,6,7,8);1-2H3. The lowest BCUT2D eigenvalue weighted by molar-refractivity contribution is 1.05. The van der Waals surface area contributed by atoms with E-state index in [0.29, 0.717) is 5.96 Å². The van der Waals surface area contributed by atoms with Crippen LogP contribution in [0.5, 0.6) is 0 Å². The van der Waals surface area contributed by atoms with Crippen LogP contribution in [0.2, 0.25) is 0 Å². The molecule has 0 fully saturated rings. The van der Waals surface area contributed by atoms with Crippen molar-refractivity contribution in [2.45, 2.75) is 13.8 Å². The maximum absolute atomic E-state index is 8.02. The Bertz CT molecular complexity index is 122. The summed E-state index contributed by atoms with van der Waals surface area (Å²) in [7, 11) is 3.28. The minimum Gasteiger partial charge on any atom is -0.359 e. The van der Waals surface area contributed by atoms with Crippen LogP contribution in [-0.2, 0) is 0 Å². The van der Waals surface area contributed by atoms with Crippen molar-refractivity contribution in [1.82, 2.24) is 10.6 Å². The van der Waals surface area contributed by atoms with Crippen LogP contribution < -0.4 is 10.6 Å². The first-order valence-corrected chi connectivity index (χ1v) is 3.14. The van der Waals surface area contributed by atoms with Crippen molar-refractivity contribution in [2.75, 3.05) is 14.1 Å². The van der Waals surface area contributed by atoms with E-state index in [2.05, 4.69) is 15.6 Å². The highest BCUT2D eigenvalue weighted by Gasteiger charge is 1.84. The van der Waals surface area contributed by atoms with Gasteiger partial charge in [-0.2, -0.15) is 5.26 Å². The lowest BCUT2D eigenvalue weighted by atomic mass is 10.9. The zero-order valence-corrected chi connectivity index (χ0v) is 6.89. The van der Waals surface area contributed by atoms with Gasteiger partial charge < -0.3 is 5.32 Å². The van der Waals surface area contributed by atoms with Gasteiger partial charge in [0.1, 0.15) is 0 Å². The van der Waals surface area contributed by atoms with Crippen molar-refractivity contribution < 1.29 is 0 Å². The first kappa shape index (κ1) is 11.5. The summed E-state index contributed by atoms with van der Waals surface area (Å²) < 4.78 is 0. The van der Waals surface area contributed by atoms with E-state index in [1.807, 2.05) is 13.8 Å². The normalized spacial score (nSPS) is 8.50. The first-order chi connectivity index (χ1) is 4.85. The van der Waals surface area contributed by atoms with Crippen molar-refractivity contribution in [3.8, 4) is 6.19 Å². The largest absolute Gasteiger partial charge is 0.359 e. The molecule has 0 radical (unpaired) electrons. The highest BCUT2D eigenvalue weighted by Crippen LogP contribution is 1.57. The van der Waals surface area contributed by atoms with Gasteiger partial charge in [0.2, 0.25) is 5.96 Å². The molecule has 0 amide bonds. The van der Waals surface area contributed by atoms with Crippen LogP contribution in [0.4, 0.5) is 0 Å². The van der Waals surface area contributed by atoms with E-state index in [4.69, 9.17) is 5.26 Å². The topological polar surface area (TPSA) is 60.2 Å². The number of nitrogens with zero attached hydrogens (tertiary/aromatic N) is 2. The molecule has 0 saturated heterocycles. The fraction of sp³-hybridized carbons (Fsp3) is 0.667. The van der Waals surface area contributed by atoms with Gasteiger partial charge in [-0.3, -0.25) is 10.3 Å². The Morgan fingerprint density at radius 1 is 1.50 bits per heavy atom. The van der Waals surface area contributed by atoms with Crippen molar-refractivity contribution in [3.63, 3.8) is 0 Å². The summed E-state index contributed by atoms with van der Waals surface area (Å²) in [5.41, 5.74) is 0. The maximum Gasteiger partial charge on any atom is 0.204 e. The fourth-order valence-electron chi connectivity index (χ4n) is 0.283. The highest BCUT2D eigenvalue weighted by molar-refractivity contribution is 5.80. The Morgan fingerprint density at radius 2 is 2.00 bits per heavy atom. The summed E-state index contributed by atoms with van der Waals surface area (Å²) in [5, 5.41) is 13.0. The molecule has 0 spiro atoms. The third-order valence-corrected chi connectivity index (χ3v) is 0.635. The molecule has 58 valence electrons. The molecule has 0 aromatic carbocycles. The van der Waals surface area contributed by atoms with Crippen LogP contribution >= 0.6 is 0 Å². The molecule has 0 aliphatic carbocycles. The number of aliphatic imine (C=N–C) groups is 1. The molecule has 0 bridgehead atoms. The molecule has 0 aromatic rings. The number of hydrogen-bond acceptors (Lipinski definition) is 2. The SMILES string of the molecule is CC.CN=C(NC)NC#N. The van der Waals surface area contributed by atoms with Gasteiger partial charge >= 0.3 is 0 Å². The third kappa shape index (κ3) is 6.76. The van der Waals surface area contributed by atoms with Crippen molar-refractivity contribution >= 4 is 5.96 Å². The highest BCUT2D eigenvalue weighted by atomic mass is 15.1. The quantitative estimate of drug-likeness (QED) is 0.221. The molecule has 2 N–H and O–H groups in total. The molecule has 0 aliphatic rings. The fourth-order valence-corrected chi connectivity index (χ4v) is 0.283.